The third-order valence-corrected chi connectivity index (χ3v) is 6.82. The van der Waals surface area contributed by atoms with Crippen LogP contribution < -0.4 is 9.62 Å². The Balaban J connectivity index is 1.91. The lowest BCUT2D eigenvalue weighted by Gasteiger charge is -2.20. The minimum absolute atomic E-state index is 0.0662. The van der Waals surface area contributed by atoms with Crippen LogP contribution in [0.1, 0.15) is 32.6 Å². The number of benzene rings is 3. The highest BCUT2D eigenvalue weighted by atomic mass is 32.2. The molecule has 0 bridgehead atoms. The number of sulfonamides is 1. The summed E-state index contributed by atoms with van der Waals surface area (Å²) in [5.41, 5.74) is 5.61. The van der Waals surface area contributed by atoms with Gasteiger partial charge in [-0.2, -0.15) is 0 Å². The number of hydrogen-bond donors (Lipinski definition) is 1. The number of carbonyl (C=O) groups excluding carboxylic acids is 1. The van der Waals surface area contributed by atoms with Gasteiger partial charge in [-0.3, -0.25) is 9.10 Å². The standard InChI is InChI=1S/C24H26N2O3S/c1-16-8-6-10-21(14-16)26(5)30(28,29)22-11-7-9-20(15-22)24(27)25-23-18(3)12-17(2)13-19(23)4/h6-15H,1-5H3,(H,25,27). The first-order chi connectivity index (χ1) is 14.1. The summed E-state index contributed by atoms with van der Waals surface area (Å²) in [5.74, 6) is -0.347. The first-order valence-corrected chi connectivity index (χ1v) is 11.1. The summed E-state index contributed by atoms with van der Waals surface area (Å²) in [6.07, 6.45) is 0. The number of carbonyl (C=O) groups is 1. The van der Waals surface area contributed by atoms with E-state index < -0.39 is 10.0 Å². The molecule has 0 aliphatic heterocycles. The molecule has 156 valence electrons. The summed E-state index contributed by atoms with van der Waals surface area (Å²) in [4.78, 5) is 12.9. The Labute approximate surface area is 178 Å². The van der Waals surface area contributed by atoms with Crippen molar-refractivity contribution in [3.05, 3.63) is 88.5 Å². The highest BCUT2D eigenvalue weighted by Crippen LogP contribution is 2.25. The molecule has 3 aromatic rings. The van der Waals surface area contributed by atoms with Crippen molar-refractivity contribution in [1.29, 1.82) is 0 Å². The van der Waals surface area contributed by atoms with Gasteiger partial charge in [0.25, 0.3) is 15.9 Å². The van der Waals surface area contributed by atoms with E-state index >= 15 is 0 Å². The van der Waals surface area contributed by atoms with Crippen LogP contribution in [0.5, 0.6) is 0 Å². The minimum atomic E-state index is -3.81. The molecule has 5 nitrogen and oxygen atoms in total. The molecule has 0 radical (unpaired) electrons. The molecule has 6 heteroatoms. The van der Waals surface area contributed by atoms with Gasteiger partial charge in [-0.25, -0.2) is 8.42 Å². The van der Waals surface area contributed by atoms with E-state index in [2.05, 4.69) is 5.32 Å². The van der Waals surface area contributed by atoms with E-state index in [0.717, 1.165) is 27.9 Å². The van der Waals surface area contributed by atoms with Crippen molar-refractivity contribution in [3.8, 4) is 0 Å². The third-order valence-electron chi connectivity index (χ3n) is 5.04. The van der Waals surface area contributed by atoms with Crippen molar-refractivity contribution in [1.82, 2.24) is 0 Å². The van der Waals surface area contributed by atoms with Gasteiger partial charge in [0.2, 0.25) is 0 Å². The van der Waals surface area contributed by atoms with E-state index in [0.29, 0.717) is 5.69 Å². The second kappa shape index (κ2) is 8.32. The molecule has 0 aromatic heterocycles. The summed E-state index contributed by atoms with van der Waals surface area (Å²) in [5, 5.41) is 2.92. The zero-order valence-corrected chi connectivity index (χ0v) is 18.7. The largest absolute Gasteiger partial charge is 0.322 e. The zero-order valence-electron chi connectivity index (χ0n) is 17.9. The smallest absolute Gasteiger partial charge is 0.264 e. The Bertz CT molecular complexity index is 1190. The number of amides is 1. The highest BCUT2D eigenvalue weighted by Gasteiger charge is 2.23. The molecule has 3 aromatic carbocycles. The molecule has 1 amide bonds. The average molecular weight is 423 g/mol. The van der Waals surface area contributed by atoms with Gasteiger partial charge in [-0.05, 0) is 74.7 Å². The molecular weight excluding hydrogens is 396 g/mol. The van der Waals surface area contributed by atoms with Crippen LogP contribution in [0.4, 0.5) is 11.4 Å². The molecule has 0 unspecified atom stereocenters. The van der Waals surface area contributed by atoms with Gasteiger partial charge in [0.15, 0.2) is 0 Å². The maximum atomic E-state index is 13.1. The predicted octanol–water partition coefficient (Wildman–Crippen LogP) is 5.00. The lowest BCUT2D eigenvalue weighted by Crippen LogP contribution is -2.27. The maximum Gasteiger partial charge on any atom is 0.264 e. The maximum absolute atomic E-state index is 13.1. The second-order valence-corrected chi connectivity index (χ2v) is 9.54. The summed E-state index contributed by atoms with van der Waals surface area (Å²) < 4.78 is 27.5. The van der Waals surface area contributed by atoms with Gasteiger partial charge in [0, 0.05) is 18.3 Å². The fourth-order valence-corrected chi connectivity index (χ4v) is 4.72. The van der Waals surface area contributed by atoms with Crippen molar-refractivity contribution in [2.45, 2.75) is 32.6 Å². The molecule has 3 rings (SSSR count). The van der Waals surface area contributed by atoms with Crippen LogP contribution in [0.3, 0.4) is 0 Å². The predicted molar refractivity (Wildman–Crippen MR) is 122 cm³/mol. The second-order valence-electron chi connectivity index (χ2n) is 7.57. The molecule has 30 heavy (non-hydrogen) atoms. The Morgan fingerprint density at radius 3 is 2.10 bits per heavy atom. The van der Waals surface area contributed by atoms with Crippen LogP contribution in [0, 0.1) is 27.7 Å². The van der Waals surface area contributed by atoms with Gasteiger partial charge >= 0.3 is 0 Å². The van der Waals surface area contributed by atoms with Crippen LogP contribution in [0.2, 0.25) is 0 Å². The fraction of sp³-hybridized carbons (Fsp3) is 0.208. The van der Waals surface area contributed by atoms with Crippen LogP contribution in [-0.4, -0.2) is 21.4 Å². The molecule has 1 N–H and O–H groups in total. The Morgan fingerprint density at radius 1 is 0.833 bits per heavy atom. The van der Waals surface area contributed by atoms with Crippen molar-refractivity contribution < 1.29 is 13.2 Å². The third kappa shape index (κ3) is 4.39. The zero-order chi connectivity index (χ0) is 22.1. The van der Waals surface area contributed by atoms with Gasteiger partial charge in [0.1, 0.15) is 0 Å². The first-order valence-electron chi connectivity index (χ1n) is 9.64. The quantitative estimate of drug-likeness (QED) is 0.629. The Kier molecular flexibility index (Phi) is 5.99. The van der Waals surface area contributed by atoms with Gasteiger partial charge in [0.05, 0.1) is 10.6 Å². The number of anilines is 2. The van der Waals surface area contributed by atoms with Crippen molar-refractivity contribution in [2.24, 2.45) is 0 Å². The van der Waals surface area contributed by atoms with Gasteiger partial charge in [-0.15, -0.1) is 0 Å². The molecule has 0 spiro atoms. The van der Waals surface area contributed by atoms with Crippen molar-refractivity contribution in [3.63, 3.8) is 0 Å². The number of nitrogens with one attached hydrogen (secondary N) is 1. The first kappa shape index (κ1) is 21.6. The number of hydrogen-bond acceptors (Lipinski definition) is 3. The lowest BCUT2D eigenvalue weighted by molar-refractivity contribution is 0.102. The van der Waals surface area contributed by atoms with Crippen LogP contribution in [0.15, 0.2) is 65.6 Å². The van der Waals surface area contributed by atoms with E-state index in [-0.39, 0.29) is 16.4 Å². The Hall–Kier alpha value is -3.12. The van der Waals surface area contributed by atoms with E-state index in [1.165, 1.54) is 23.5 Å². The number of rotatable bonds is 5. The molecule has 0 saturated heterocycles. The molecule has 0 saturated carbocycles. The van der Waals surface area contributed by atoms with Crippen LogP contribution in [-0.2, 0) is 10.0 Å². The summed E-state index contributed by atoms with van der Waals surface area (Å²) in [6.45, 7) is 7.79. The molecule has 0 atom stereocenters. The topological polar surface area (TPSA) is 66.5 Å². The van der Waals surface area contributed by atoms with E-state index in [1.807, 2.05) is 52.0 Å². The normalized spacial score (nSPS) is 11.2. The minimum Gasteiger partial charge on any atom is -0.322 e. The summed E-state index contributed by atoms with van der Waals surface area (Å²) in [6, 6.07) is 17.4. The lowest BCUT2D eigenvalue weighted by atomic mass is 10.0. The molecule has 0 fully saturated rings. The van der Waals surface area contributed by atoms with Crippen molar-refractivity contribution in [2.75, 3.05) is 16.7 Å². The number of aryl methyl sites for hydroxylation is 4. The highest BCUT2D eigenvalue weighted by molar-refractivity contribution is 7.92. The van der Waals surface area contributed by atoms with Crippen molar-refractivity contribution >= 4 is 27.3 Å². The van der Waals surface area contributed by atoms with Gasteiger partial charge < -0.3 is 5.32 Å². The molecule has 0 aliphatic carbocycles. The summed E-state index contributed by atoms with van der Waals surface area (Å²) in [7, 11) is -2.30. The molecule has 0 aliphatic rings. The van der Waals surface area contributed by atoms with E-state index in [9.17, 15) is 13.2 Å². The van der Waals surface area contributed by atoms with E-state index in [1.54, 1.807) is 24.3 Å². The van der Waals surface area contributed by atoms with Crippen LogP contribution in [0.25, 0.3) is 0 Å². The van der Waals surface area contributed by atoms with Crippen LogP contribution >= 0.6 is 0 Å². The fourth-order valence-electron chi connectivity index (χ4n) is 3.48. The average Bonchev–Trinajstić information content (AvgIpc) is 2.70. The molecular formula is C24H26N2O3S. The number of nitrogens with zero attached hydrogens (tertiary/aromatic N) is 1. The Morgan fingerprint density at radius 2 is 1.47 bits per heavy atom. The van der Waals surface area contributed by atoms with Gasteiger partial charge in [-0.1, -0.05) is 35.9 Å². The SMILES string of the molecule is Cc1cccc(N(C)S(=O)(=O)c2cccc(C(=O)Nc3c(C)cc(C)cc3C)c2)c1. The monoisotopic (exact) mass is 422 g/mol. The summed E-state index contributed by atoms with van der Waals surface area (Å²) >= 11 is 0. The molecule has 0 heterocycles. The van der Waals surface area contributed by atoms with E-state index in [4.69, 9.17) is 0 Å².